The van der Waals surface area contributed by atoms with Crippen molar-refractivity contribution in [3.05, 3.63) is 34.2 Å². The molecule has 0 atom stereocenters. The predicted molar refractivity (Wildman–Crippen MR) is 103 cm³/mol. The Hall–Kier alpha value is -2.13. The minimum absolute atomic E-state index is 0.0786. The largest absolute Gasteiger partial charge is 0.491 e. The molecule has 0 saturated carbocycles. The number of hydrogen-bond donors (Lipinski definition) is 1. The molecule has 0 radical (unpaired) electrons. The zero-order valence-electron chi connectivity index (χ0n) is 14.9. The Labute approximate surface area is 157 Å². The first-order valence-electron chi connectivity index (χ1n) is 8.29. The van der Waals surface area contributed by atoms with Gasteiger partial charge in [-0.3, -0.25) is 9.10 Å². The van der Waals surface area contributed by atoms with Gasteiger partial charge in [0.2, 0.25) is 10.0 Å². The van der Waals surface area contributed by atoms with Gasteiger partial charge in [-0.1, -0.05) is 0 Å². The zero-order valence-corrected chi connectivity index (χ0v) is 16.5. The molecule has 26 heavy (non-hydrogen) atoms. The van der Waals surface area contributed by atoms with Crippen LogP contribution in [0.5, 0.6) is 5.75 Å². The molecule has 3 rings (SSSR count). The summed E-state index contributed by atoms with van der Waals surface area (Å²) >= 11 is 1.24. The average Bonchev–Trinajstić information content (AvgIpc) is 2.99. The van der Waals surface area contributed by atoms with Crippen LogP contribution in [0.1, 0.15) is 34.9 Å². The van der Waals surface area contributed by atoms with Crippen LogP contribution in [0, 0.1) is 0 Å². The fourth-order valence-corrected chi connectivity index (χ4v) is 4.67. The number of nitrogens with zero attached hydrogens (tertiary/aromatic N) is 2. The maximum atomic E-state index is 12.5. The molecule has 1 aromatic carbocycles. The van der Waals surface area contributed by atoms with E-state index < -0.39 is 10.0 Å². The van der Waals surface area contributed by atoms with E-state index in [4.69, 9.17) is 4.74 Å². The summed E-state index contributed by atoms with van der Waals surface area (Å²) in [4.78, 5) is 17.6. The second-order valence-electron chi connectivity index (χ2n) is 6.35. The van der Waals surface area contributed by atoms with E-state index in [1.807, 2.05) is 13.8 Å². The Kier molecular flexibility index (Phi) is 5.19. The van der Waals surface area contributed by atoms with Crippen molar-refractivity contribution in [3.8, 4) is 5.75 Å². The number of rotatable bonds is 5. The summed E-state index contributed by atoms with van der Waals surface area (Å²) in [7, 11) is -3.39. The first kappa shape index (κ1) is 18.7. The van der Waals surface area contributed by atoms with Crippen molar-refractivity contribution in [1.29, 1.82) is 0 Å². The van der Waals surface area contributed by atoms with Crippen LogP contribution in [-0.2, 0) is 16.4 Å². The third kappa shape index (κ3) is 4.16. The van der Waals surface area contributed by atoms with E-state index in [9.17, 15) is 13.2 Å². The molecule has 0 spiro atoms. The van der Waals surface area contributed by atoms with Gasteiger partial charge in [-0.15, -0.1) is 11.3 Å². The van der Waals surface area contributed by atoms with E-state index in [1.54, 1.807) is 24.3 Å². The Bertz CT molecular complexity index is 905. The number of aryl methyl sites for hydroxylation is 1. The highest BCUT2D eigenvalue weighted by Crippen LogP contribution is 2.33. The number of aromatic nitrogens is 1. The highest BCUT2D eigenvalue weighted by Gasteiger charge is 2.29. The monoisotopic (exact) mass is 395 g/mol. The molecule has 1 aliphatic heterocycles. The number of ether oxygens (including phenoxy) is 1. The summed E-state index contributed by atoms with van der Waals surface area (Å²) in [6.45, 7) is 4.29. The molecule has 1 amide bonds. The van der Waals surface area contributed by atoms with Crippen molar-refractivity contribution in [2.45, 2.75) is 32.8 Å². The lowest BCUT2D eigenvalue weighted by Crippen LogP contribution is -2.34. The second kappa shape index (κ2) is 7.24. The molecule has 0 fully saturated rings. The van der Waals surface area contributed by atoms with E-state index in [0.717, 1.165) is 29.7 Å². The minimum Gasteiger partial charge on any atom is -0.491 e. The third-order valence-corrected chi connectivity index (χ3v) is 6.02. The highest BCUT2D eigenvalue weighted by molar-refractivity contribution is 7.92. The van der Waals surface area contributed by atoms with Crippen LogP contribution in [0.15, 0.2) is 24.3 Å². The van der Waals surface area contributed by atoms with Crippen LogP contribution in [0.4, 0.5) is 11.5 Å². The Morgan fingerprint density at radius 3 is 2.62 bits per heavy atom. The quantitative estimate of drug-likeness (QED) is 0.841. The minimum atomic E-state index is -3.39. The van der Waals surface area contributed by atoms with Crippen LogP contribution in [0.25, 0.3) is 0 Å². The first-order chi connectivity index (χ1) is 12.2. The normalized spacial score (nSPS) is 14.2. The molecule has 0 unspecified atom stereocenters. The van der Waals surface area contributed by atoms with Gasteiger partial charge in [-0.25, -0.2) is 13.4 Å². The van der Waals surface area contributed by atoms with Gasteiger partial charge in [0.15, 0.2) is 10.8 Å². The Morgan fingerprint density at radius 1 is 1.31 bits per heavy atom. The van der Waals surface area contributed by atoms with Gasteiger partial charge in [-0.2, -0.15) is 0 Å². The molecule has 1 aromatic heterocycles. The fourth-order valence-electron chi connectivity index (χ4n) is 2.68. The molecule has 0 saturated heterocycles. The van der Waals surface area contributed by atoms with Gasteiger partial charge >= 0.3 is 0 Å². The third-order valence-electron chi connectivity index (χ3n) is 3.76. The molecule has 2 heterocycles. The van der Waals surface area contributed by atoms with Crippen molar-refractivity contribution in [1.82, 2.24) is 4.98 Å². The summed E-state index contributed by atoms with van der Waals surface area (Å²) < 4.78 is 30.7. The smallest absolute Gasteiger partial charge is 0.284 e. The van der Waals surface area contributed by atoms with Crippen LogP contribution >= 0.6 is 11.3 Å². The van der Waals surface area contributed by atoms with Gasteiger partial charge in [0, 0.05) is 12.2 Å². The summed E-state index contributed by atoms with van der Waals surface area (Å²) in [5.41, 5.74) is 0.624. The fraction of sp³-hybridized carbons (Fsp3) is 0.412. The molecule has 7 nitrogen and oxygen atoms in total. The lowest BCUT2D eigenvalue weighted by Gasteiger charge is -2.24. The molecule has 140 valence electrons. The van der Waals surface area contributed by atoms with Crippen molar-refractivity contribution in [2.75, 3.05) is 22.4 Å². The molecule has 1 N–H and O–H groups in total. The van der Waals surface area contributed by atoms with Crippen molar-refractivity contribution in [2.24, 2.45) is 0 Å². The Balaban J connectivity index is 1.76. The van der Waals surface area contributed by atoms with Gasteiger partial charge < -0.3 is 10.1 Å². The molecule has 0 aliphatic carbocycles. The average molecular weight is 396 g/mol. The standard InChI is InChI=1S/C17H21N3O4S2/c1-11(2)24-13-8-6-12(7-9-13)18-16(21)17-19-15-14(25-17)5-4-10-20(15)26(3,22)23/h6-9,11H,4-5,10H2,1-3H3,(H,18,21). The molecule has 1 aliphatic rings. The van der Waals surface area contributed by atoms with E-state index in [1.165, 1.54) is 15.6 Å². The first-order valence-corrected chi connectivity index (χ1v) is 11.0. The van der Waals surface area contributed by atoms with E-state index in [2.05, 4.69) is 10.3 Å². The Morgan fingerprint density at radius 2 is 2.00 bits per heavy atom. The lowest BCUT2D eigenvalue weighted by atomic mass is 10.2. The number of carbonyl (C=O) groups is 1. The summed E-state index contributed by atoms with van der Waals surface area (Å²) in [6, 6.07) is 7.08. The molecule has 2 aromatic rings. The number of nitrogens with one attached hydrogen (secondary N) is 1. The number of anilines is 2. The number of amides is 1. The number of hydrogen-bond acceptors (Lipinski definition) is 6. The molecular weight excluding hydrogens is 374 g/mol. The summed E-state index contributed by atoms with van der Waals surface area (Å²) in [5, 5.41) is 3.04. The highest BCUT2D eigenvalue weighted by atomic mass is 32.2. The van der Waals surface area contributed by atoms with Crippen LogP contribution < -0.4 is 14.4 Å². The number of sulfonamides is 1. The maximum Gasteiger partial charge on any atom is 0.284 e. The van der Waals surface area contributed by atoms with Crippen molar-refractivity contribution in [3.63, 3.8) is 0 Å². The molecular formula is C17H21N3O4S2. The number of thiazole rings is 1. The predicted octanol–water partition coefficient (Wildman–Crippen LogP) is 2.89. The summed E-state index contributed by atoms with van der Waals surface area (Å²) in [5.74, 6) is 0.761. The SMILES string of the molecule is CC(C)Oc1ccc(NC(=O)c2nc3c(s2)CCCN3S(C)(=O)=O)cc1. The second-order valence-corrected chi connectivity index (χ2v) is 9.34. The van der Waals surface area contributed by atoms with Gasteiger partial charge in [0.25, 0.3) is 5.91 Å². The van der Waals surface area contributed by atoms with E-state index >= 15 is 0 Å². The van der Waals surface area contributed by atoms with Crippen LogP contribution in [0.2, 0.25) is 0 Å². The van der Waals surface area contributed by atoms with Gasteiger partial charge in [0.05, 0.1) is 17.2 Å². The summed E-state index contributed by atoms with van der Waals surface area (Å²) in [6.07, 6.45) is 2.69. The van der Waals surface area contributed by atoms with Crippen LogP contribution in [-0.4, -0.2) is 38.2 Å². The zero-order chi connectivity index (χ0) is 18.9. The van der Waals surface area contributed by atoms with E-state index in [-0.39, 0.29) is 17.0 Å². The molecule has 0 bridgehead atoms. The van der Waals surface area contributed by atoms with Gasteiger partial charge in [0.1, 0.15) is 5.75 Å². The lowest BCUT2D eigenvalue weighted by molar-refractivity contribution is 0.102. The van der Waals surface area contributed by atoms with Crippen molar-refractivity contribution >= 4 is 38.8 Å². The molecule has 9 heteroatoms. The van der Waals surface area contributed by atoms with E-state index in [0.29, 0.717) is 18.1 Å². The topological polar surface area (TPSA) is 88.6 Å². The number of benzene rings is 1. The number of fused-ring (bicyclic) bond motifs is 1. The van der Waals surface area contributed by atoms with Gasteiger partial charge in [-0.05, 0) is 51.0 Å². The number of carbonyl (C=O) groups excluding carboxylic acids is 1. The van der Waals surface area contributed by atoms with Crippen LogP contribution in [0.3, 0.4) is 0 Å². The maximum absolute atomic E-state index is 12.5. The van der Waals surface area contributed by atoms with Crippen molar-refractivity contribution < 1.29 is 17.9 Å².